The number of ether oxygens (including phenoxy) is 1. The molecule has 4 aromatic rings. The number of pyridine rings is 1. The van der Waals surface area contributed by atoms with Crippen molar-refractivity contribution in [2.24, 2.45) is 0 Å². The van der Waals surface area contributed by atoms with Crippen molar-refractivity contribution in [3.63, 3.8) is 0 Å². The van der Waals surface area contributed by atoms with Gasteiger partial charge in [0.15, 0.2) is 10.8 Å². The largest absolute Gasteiger partial charge is 0.497 e. The molecular formula is C27H28N4O2S. The molecule has 1 N–H and O–H groups in total. The number of fused-ring (bicyclic) bond motifs is 1. The number of imidazole rings is 1. The Morgan fingerprint density at radius 2 is 1.79 bits per heavy atom. The molecule has 5 rings (SSSR count). The van der Waals surface area contributed by atoms with Crippen molar-refractivity contribution in [2.75, 3.05) is 7.11 Å². The third kappa shape index (κ3) is 5.09. The zero-order valence-electron chi connectivity index (χ0n) is 19.2. The third-order valence-corrected chi connectivity index (χ3v) is 7.29. The lowest BCUT2D eigenvalue weighted by Crippen LogP contribution is -2.32. The van der Waals surface area contributed by atoms with E-state index in [1.165, 1.54) is 12.8 Å². The first kappa shape index (κ1) is 22.5. The highest BCUT2D eigenvalue weighted by molar-refractivity contribution is 7.98. The van der Waals surface area contributed by atoms with E-state index in [0.29, 0.717) is 12.6 Å². The van der Waals surface area contributed by atoms with E-state index in [9.17, 15) is 4.79 Å². The van der Waals surface area contributed by atoms with Crippen LogP contribution in [0.2, 0.25) is 0 Å². The van der Waals surface area contributed by atoms with Crippen molar-refractivity contribution in [3.8, 4) is 5.75 Å². The molecule has 34 heavy (non-hydrogen) atoms. The van der Waals surface area contributed by atoms with Crippen LogP contribution < -0.4 is 10.1 Å². The van der Waals surface area contributed by atoms with Crippen LogP contribution >= 0.6 is 11.8 Å². The first-order valence-corrected chi connectivity index (χ1v) is 12.6. The van der Waals surface area contributed by atoms with Crippen LogP contribution in [0.15, 0.2) is 72.0 Å². The van der Waals surface area contributed by atoms with E-state index in [1.807, 2.05) is 48.5 Å². The lowest BCUT2D eigenvalue weighted by molar-refractivity contribution is 0.0938. The van der Waals surface area contributed by atoms with Gasteiger partial charge in [0.05, 0.1) is 13.7 Å². The smallest absolute Gasteiger partial charge is 0.251 e. The summed E-state index contributed by atoms with van der Waals surface area (Å²) in [4.78, 5) is 21.9. The molecule has 0 bridgehead atoms. The van der Waals surface area contributed by atoms with Crippen LogP contribution in [0.4, 0.5) is 0 Å². The summed E-state index contributed by atoms with van der Waals surface area (Å²) in [6, 6.07) is 20.2. The number of benzene rings is 2. The number of hydrogen-bond donors (Lipinski definition) is 1. The summed E-state index contributed by atoms with van der Waals surface area (Å²) in [5, 5.41) is 4.08. The molecule has 1 aliphatic rings. The average molecular weight is 473 g/mol. The molecule has 1 fully saturated rings. The van der Waals surface area contributed by atoms with Crippen LogP contribution in [-0.2, 0) is 12.3 Å². The molecule has 6 nitrogen and oxygen atoms in total. The molecule has 0 atom stereocenters. The molecule has 7 heteroatoms. The Kier molecular flexibility index (Phi) is 6.81. The van der Waals surface area contributed by atoms with Crippen molar-refractivity contribution in [1.82, 2.24) is 19.9 Å². The van der Waals surface area contributed by atoms with Crippen molar-refractivity contribution in [1.29, 1.82) is 0 Å². The zero-order chi connectivity index (χ0) is 23.3. The van der Waals surface area contributed by atoms with E-state index in [1.54, 1.807) is 25.1 Å². The quantitative estimate of drug-likeness (QED) is 0.345. The molecular weight excluding hydrogens is 444 g/mol. The Morgan fingerprint density at radius 1 is 1.06 bits per heavy atom. The number of nitrogens with zero attached hydrogens (tertiary/aromatic N) is 3. The first-order chi connectivity index (χ1) is 16.7. The molecule has 0 spiro atoms. The maximum atomic E-state index is 12.5. The summed E-state index contributed by atoms with van der Waals surface area (Å²) in [5.74, 6) is 1.63. The Hall–Kier alpha value is -3.32. The highest BCUT2D eigenvalue weighted by Gasteiger charge is 2.18. The summed E-state index contributed by atoms with van der Waals surface area (Å²) >= 11 is 1.68. The van der Waals surface area contributed by atoms with Crippen molar-refractivity contribution < 1.29 is 9.53 Å². The molecule has 1 saturated carbocycles. The Balaban J connectivity index is 1.29. The van der Waals surface area contributed by atoms with Crippen LogP contribution in [0.1, 0.15) is 47.2 Å². The van der Waals surface area contributed by atoms with Gasteiger partial charge in [-0.15, -0.1) is 0 Å². The van der Waals surface area contributed by atoms with Crippen LogP contribution in [0.3, 0.4) is 0 Å². The second-order valence-electron chi connectivity index (χ2n) is 8.62. The monoisotopic (exact) mass is 472 g/mol. The molecule has 2 aromatic heterocycles. The molecule has 0 aliphatic heterocycles. The number of methoxy groups -OCH3 is 1. The Morgan fingerprint density at radius 3 is 2.53 bits per heavy atom. The number of nitrogens with one attached hydrogen (secondary N) is 1. The van der Waals surface area contributed by atoms with Gasteiger partial charge in [0, 0.05) is 23.6 Å². The van der Waals surface area contributed by atoms with E-state index < -0.39 is 0 Å². The van der Waals surface area contributed by atoms with Gasteiger partial charge in [-0.2, -0.15) is 0 Å². The predicted molar refractivity (Wildman–Crippen MR) is 135 cm³/mol. The number of amides is 1. The average Bonchev–Trinajstić information content (AvgIpc) is 3.51. The zero-order valence-corrected chi connectivity index (χ0v) is 20.1. The van der Waals surface area contributed by atoms with Gasteiger partial charge in [0.1, 0.15) is 11.3 Å². The van der Waals surface area contributed by atoms with Crippen LogP contribution in [0.5, 0.6) is 5.75 Å². The topological polar surface area (TPSA) is 69.0 Å². The van der Waals surface area contributed by atoms with Gasteiger partial charge in [-0.1, -0.05) is 48.9 Å². The van der Waals surface area contributed by atoms with Gasteiger partial charge in [-0.3, -0.25) is 9.36 Å². The van der Waals surface area contributed by atoms with Gasteiger partial charge in [0.25, 0.3) is 5.91 Å². The van der Waals surface area contributed by atoms with Crippen LogP contribution in [0.25, 0.3) is 11.2 Å². The summed E-state index contributed by atoms with van der Waals surface area (Å²) in [6.07, 6.45) is 6.40. The number of aromatic nitrogens is 3. The summed E-state index contributed by atoms with van der Waals surface area (Å²) in [7, 11) is 1.67. The van der Waals surface area contributed by atoms with E-state index >= 15 is 0 Å². The van der Waals surface area contributed by atoms with E-state index in [2.05, 4.69) is 27.0 Å². The Bertz CT molecular complexity index is 1260. The van der Waals surface area contributed by atoms with Gasteiger partial charge in [-0.05, 0) is 60.4 Å². The van der Waals surface area contributed by atoms with Gasteiger partial charge >= 0.3 is 0 Å². The lowest BCUT2D eigenvalue weighted by atomic mass is 10.1. The SMILES string of the molecule is COc1ccc(Cn2c(SCc3ccc(C(=O)NC4CCCC4)cc3)nc3cccnc32)cc1. The van der Waals surface area contributed by atoms with Crippen molar-refractivity contribution in [2.45, 2.75) is 49.2 Å². The number of carbonyl (C=O) groups excluding carboxylic acids is 1. The second-order valence-corrected chi connectivity index (χ2v) is 9.56. The number of carbonyl (C=O) groups is 1. The highest BCUT2D eigenvalue weighted by atomic mass is 32.2. The fourth-order valence-corrected chi connectivity index (χ4v) is 5.30. The summed E-state index contributed by atoms with van der Waals surface area (Å²) in [5.41, 5.74) is 4.79. The molecule has 1 amide bonds. The minimum Gasteiger partial charge on any atom is -0.497 e. The molecule has 1 aliphatic carbocycles. The van der Waals surface area contributed by atoms with Gasteiger partial charge < -0.3 is 10.1 Å². The molecule has 174 valence electrons. The second kappa shape index (κ2) is 10.3. The molecule has 0 radical (unpaired) electrons. The number of hydrogen-bond acceptors (Lipinski definition) is 5. The first-order valence-electron chi connectivity index (χ1n) is 11.7. The van der Waals surface area contributed by atoms with E-state index in [-0.39, 0.29) is 5.91 Å². The Labute approximate surface area is 203 Å². The predicted octanol–water partition coefficient (Wildman–Crippen LogP) is 5.45. The van der Waals surface area contributed by atoms with Gasteiger partial charge in [0.2, 0.25) is 0 Å². The summed E-state index contributed by atoms with van der Waals surface area (Å²) in [6.45, 7) is 0.681. The molecule has 0 saturated heterocycles. The normalized spacial score (nSPS) is 13.9. The van der Waals surface area contributed by atoms with Gasteiger partial charge in [-0.25, -0.2) is 9.97 Å². The fraction of sp³-hybridized carbons (Fsp3) is 0.296. The summed E-state index contributed by atoms with van der Waals surface area (Å²) < 4.78 is 7.44. The standard InChI is InChI=1S/C27H28N4O2S/c1-33-23-14-10-19(11-15-23)17-31-25-24(7-4-16-28-25)30-27(31)34-18-20-8-12-21(13-9-20)26(32)29-22-5-2-3-6-22/h4,7-16,22H,2-3,5-6,17-18H2,1H3,(H,29,32). The van der Waals surface area contributed by atoms with Crippen molar-refractivity contribution in [3.05, 3.63) is 83.6 Å². The van der Waals surface area contributed by atoms with E-state index in [4.69, 9.17) is 9.72 Å². The minimum atomic E-state index is 0.0264. The third-order valence-electron chi connectivity index (χ3n) is 6.24. The van der Waals surface area contributed by atoms with Crippen LogP contribution in [-0.4, -0.2) is 33.6 Å². The maximum absolute atomic E-state index is 12.5. The number of thioether (sulfide) groups is 1. The molecule has 2 heterocycles. The maximum Gasteiger partial charge on any atom is 0.251 e. The fourth-order valence-electron chi connectivity index (χ4n) is 4.34. The minimum absolute atomic E-state index is 0.0264. The highest BCUT2D eigenvalue weighted by Crippen LogP contribution is 2.27. The van der Waals surface area contributed by atoms with E-state index in [0.717, 1.165) is 57.4 Å². The van der Waals surface area contributed by atoms with Crippen LogP contribution in [0, 0.1) is 0 Å². The van der Waals surface area contributed by atoms with Crippen molar-refractivity contribution >= 4 is 28.8 Å². The molecule has 2 aromatic carbocycles. The lowest BCUT2D eigenvalue weighted by Gasteiger charge is -2.12. The molecule has 0 unspecified atom stereocenters. The number of rotatable bonds is 8.